The number of nitrogens with zero attached hydrogens (tertiary/aromatic N) is 1. The van der Waals surface area contributed by atoms with E-state index in [9.17, 15) is 4.79 Å². The molecular formula is C7H8NOS. The molecule has 0 bridgehead atoms. The molecule has 0 fully saturated rings. The molecule has 0 atom stereocenters. The fraction of sp³-hybridized carbons (Fsp3) is 0.286. The third-order valence-corrected chi connectivity index (χ3v) is 1.81. The van der Waals surface area contributed by atoms with E-state index in [1.807, 2.05) is 17.5 Å². The van der Waals surface area contributed by atoms with E-state index in [0.29, 0.717) is 6.42 Å². The number of hydrogen-bond donors (Lipinski definition) is 0. The van der Waals surface area contributed by atoms with Gasteiger partial charge in [0.2, 0.25) is 5.91 Å². The molecule has 0 aliphatic rings. The summed E-state index contributed by atoms with van der Waals surface area (Å²) >= 11 is 1.48. The molecule has 0 aliphatic heterocycles. The molecule has 10 heavy (non-hydrogen) atoms. The van der Waals surface area contributed by atoms with Crippen LogP contribution in [0.15, 0.2) is 17.5 Å². The van der Waals surface area contributed by atoms with E-state index in [4.69, 9.17) is 0 Å². The highest BCUT2D eigenvalue weighted by molar-refractivity contribution is 7.13. The Labute approximate surface area is 63.9 Å². The Morgan fingerprint density at radius 1 is 1.80 bits per heavy atom. The molecule has 1 aromatic heterocycles. The predicted octanol–water partition coefficient (Wildman–Crippen LogP) is 1.92. The van der Waals surface area contributed by atoms with Gasteiger partial charge in [-0.15, -0.1) is 11.3 Å². The lowest BCUT2D eigenvalue weighted by molar-refractivity contribution is -0.119. The van der Waals surface area contributed by atoms with Crippen molar-refractivity contribution in [3.63, 3.8) is 0 Å². The Kier molecular flexibility index (Phi) is 2.45. The van der Waals surface area contributed by atoms with Gasteiger partial charge < -0.3 is 0 Å². The summed E-state index contributed by atoms with van der Waals surface area (Å²) in [6.45, 7) is 1.80. The standard InChI is InChI=1S/C7H8NOS/c1-2-6(9)8-7-4-3-5-10-7/h3-5H,2H2,1H3. The van der Waals surface area contributed by atoms with Crippen molar-refractivity contribution in [1.29, 1.82) is 0 Å². The van der Waals surface area contributed by atoms with Crippen LogP contribution in [0.1, 0.15) is 13.3 Å². The van der Waals surface area contributed by atoms with Crippen molar-refractivity contribution < 1.29 is 4.79 Å². The summed E-state index contributed by atoms with van der Waals surface area (Å²) in [6, 6.07) is 3.71. The molecule has 0 N–H and O–H groups in total. The number of carbonyl (C=O) groups is 1. The van der Waals surface area contributed by atoms with E-state index in [2.05, 4.69) is 5.32 Å². The van der Waals surface area contributed by atoms with Crippen molar-refractivity contribution in [2.75, 3.05) is 0 Å². The molecule has 1 amide bonds. The largest absolute Gasteiger partial charge is 0.273 e. The first-order chi connectivity index (χ1) is 4.83. The molecule has 2 nitrogen and oxygen atoms in total. The van der Waals surface area contributed by atoms with Crippen LogP contribution in [0, 0.1) is 0 Å². The maximum absolute atomic E-state index is 10.7. The third-order valence-electron chi connectivity index (χ3n) is 1.04. The van der Waals surface area contributed by atoms with Gasteiger partial charge in [-0.25, -0.2) is 5.32 Å². The number of thiophene rings is 1. The lowest BCUT2D eigenvalue weighted by atomic mass is 10.4. The third kappa shape index (κ3) is 1.84. The van der Waals surface area contributed by atoms with Crippen molar-refractivity contribution in [1.82, 2.24) is 5.32 Å². The van der Waals surface area contributed by atoms with Crippen LogP contribution >= 0.6 is 11.3 Å². The average molecular weight is 154 g/mol. The second-order valence-corrected chi connectivity index (χ2v) is 2.74. The smallest absolute Gasteiger partial charge is 0.246 e. The lowest BCUT2D eigenvalue weighted by Crippen LogP contribution is -2.06. The zero-order valence-corrected chi connectivity index (χ0v) is 6.52. The van der Waals surface area contributed by atoms with Gasteiger partial charge in [0.05, 0.1) is 0 Å². The van der Waals surface area contributed by atoms with Gasteiger partial charge in [-0.2, -0.15) is 0 Å². The van der Waals surface area contributed by atoms with Crippen molar-refractivity contribution in [2.24, 2.45) is 0 Å². The second kappa shape index (κ2) is 3.37. The second-order valence-electron chi connectivity index (χ2n) is 1.81. The first-order valence-electron chi connectivity index (χ1n) is 3.11. The summed E-state index contributed by atoms with van der Waals surface area (Å²) in [6.07, 6.45) is 0.484. The summed E-state index contributed by atoms with van der Waals surface area (Å²) < 4.78 is 0. The monoisotopic (exact) mass is 154 g/mol. The summed E-state index contributed by atoms with van der Waals surface area (Å²) in [7, 11) is 0. The zero-order valence-electron chi connectivity index (χ0n) is 5.70. The summed E-state index contributed by atoms with van der Waals surface area (Å²) in [5.41, 5.74) is 0. The quantitative estimate of drug-likeness (QED) is 0.640. The van der Waals surface area contributed by atoms with E-state index >= 15 is 0 Å². The van der Waals surface area contributed by atoms with Gasteiger partial charge in [0.15, 0.2) is 0 Å². The van der Waals surface area contributed by atoms with Gasteiger partial charge in [-0.1, -0.05) is 6.92 Å². The van der Waals surface area contributed by atoms with E-state index in [-0.39, 0.29) is 5.91 Å². The minimum atomic E-state index is -0.0533. The summed E-state index contributed by atoms with van der Waals surface area (Å²) in [4.78, 5) is 10.7. The number of amides is 1. The molecule has 1 aromatic rings. The van der Waals surface area contributed by atoms with Crippen molar-refractivity contribution in [3.8, 4) is 0 Å². The van der Waals surface area contributed by atoms with Gasteiger partial charge in [0, 0.05) is 6.42 Å². The minimum absolute atomic E-state index is 0.0533. The van der Waals surface area contributed by atoms with Crippen molar-refractivity contribution >= 4 is 22.2 Å². The maximum atomic E-state index is 10.7. The molecule has 0 unspecified atom stereocenters. The zero-order chi connectivity index (χ0) is 7.40. The molecule has 0 spiro atoms. The molecule has 53 valence electrons. The van der Waals surface area contributed by atoms with Gasteiger partial charge >= 0.3 is 0 Å². The molecule has 0 saturated heterocycles. The van der Waals surface area contributed by atoms with Gasteiger partial charge in [-0.05, 0) is 17.5 Å². The van der Waals surface area contributed by atoms with Crippen molar-refractivity contribution in [2.45, 2.75) is 13.3 Å². The van der Waals surface area contributed by atoms with Crippen LogP contribution in [0.5, 0.6) is 0 Å². The van der Waals surface area contributed by atoms with Gasteiger partial charge in [-0.3, -0.25) is 4.79 Å². The van der Waals surface area contributed by atoms with E-state index < -0.39 is 0 Å². The summed E-state index contributed by atoms with van der Waals surface area (Å²) in [5.74, 6) is -0.0533. The lowest BCUT2D eigenvalue weighted by Gasteiger charge is -1.91. The molecule has 1 radical (unpaired) electrons. The molecule has 0 saturated carbocycles. The van der Waals surface area contributed by atoms with E-state index in [1.165, 1.54) is 11.3 Å². The topological polar surface area (TPSA) is 31.2 Å². The van der Waals surface area contributed by atoms with Crippen LogP contribution in [-0.2, 0) is 4.79 Å². The number of hydrogen-bond acceptors (Lipinski definition) is 2. The number of rotatable bonds is 2. The molecule has 0 aromatic carbocycles. The molecule has 1 heterocycles. The van der Waals surface area contributed by atoms with Crippen LogP contribution < -0.4 is 5.32 Å². The molecule has 3 heteroatoms. The van der Waals surface area contributed by atoms with Crippen LogP contribution in [0.3, 0.4) is 0 Å². The average Bonchev–Trinajstić information content (AvgIpc) is 2.40. The van der Waals surface area contributed by atoms with Crippen LogP contribution in [-0.4, -0.2) is 5.91 Å². The first kappa shape index (κ1) is 7.28. The Balaban J connectivity index is 2.48. The van der Waals surface area contributed by atoms with Gasteiger partial charge in [0.25, 0.3) is 0 Å². The normalized spacial score (nSPS) is 9.30. The van der Waals surface area contributed by atoms with E-state index in [1.54, 1.807) is 6.92 Å². The van der Waals surface area contributed by atoms with Crippen LogP contribution in [0.2, 0.25) is 0 Å². The highest BCUT2D eigenvalue weighted by atomic mass is 32.1. The SMILES string of the molecule is CCC(=O)[N]c1cccs1. The number of carbonyl (C=O) groups excluding carboxylic acids is 1. The first-order valence-corrected chi connectivity index (χ1v) is 3.99. The minimum Gasteiger partial charge on any atom is -0.273 e. The fourth-order valence-corrected chi connectivity index (χ4v) is 1.14. The van der Waals surface area contributed by atoms with Crippen molar-refractivity contribution in [3.05, 3.63) is 17.5 Å². The van der Waals surface area contributed by atoms with Gasteiger partial charge in [0.1, 0.15) is 5.00 Å². The Morgan fingerprint density at radius 3 is 3.10 bits per heavy atom. The van der Waals surface area contributed by atoms with Crippen LogP contribution in [0.4, 0.5) is 5.00 Å². The maximum Gasteiger partial charge on any atom is 0.246 e. The Morgan fingerprint density at radius 2 is 2.60 bits per heavy atom. The summed E-state index contributed by atoms with van der Waals surface area (Å²) in [5, 5.41) is 6.52. The molecule has 1 rings (SSSR count). The molecular weight excluding hydrogens is 146 g/mol. The van der Waals surface area contributed by atoms with Crippen LogP contribution in [0.25, 0.3) is 0 Å². The highest BCUT2D eigenvalue weighted by Gasteiger charge is 2.00. The Bertz CT molecular complexity index is 205. The highest BCUT2D eigenvalue weighted by Crippen LogP contribution is 2.14. The van der Waals surface area contributed by atoms with E-state index in [0.717, 1.165) is 5.00 Å². The molecule has 0 aliphatic carbocycles. The fourth-order valence-electron chi connectivity index (χ4n) is 0.535. The predicted molar refractivity (Wildman–Crippen MR) is 41.4 cm³/mol. The Hall–Kier alpha value is -0.830.